The molecule has 0 aromatic rings. The predicted octanol–water partition coefficient (Wildman–Crippen LogP) is 10.1. The van der Waals surface area contributed by atoms with Crippen molar-refractivity contribution < 1.29 is 0 Å². The van der Waals surface area contributed by atoms with Gasteiger partial charge >= 0.3 is 0 Å². The maximum atomic E-state index is 2.50. The van der Waals surface area contributed by atoms with Crippen LogP contribution in [0.2, 0.25) is 25.7 Å². The van der Waals surface area contributed by atoms with Crippen molar-refractivity contribution in [3.05, 3.63) is 0 Å². The zero-order valence-electron chi connectivity index (χ0n) is 19.3. The van der Waals surface area contributed by atoms with Crippen molar-refractivity contribution in [3.63, 3.8) is 0 Å². The highest BCUT2D eigenvalue weighted by molar-refractivity contribution is 6.76. The Balaban J connectivity index is 3.01. The molecule has 1 heteroatoms. The van der Waals surface area contributed by atoms with Gasteiger partial charge in [0.15, 0.2) is 0 Å². The summed E-state index contributed by atoms with van der Waals surface area (Å²) in [5, 5.41) is 0. The Kier molecular flexibility index (Phi) is 20.1. The molecule has 0 nitrogen and oxygen atoms in total. The van der Waals surface area contributed by atoms with Gasteiger partial charge in [0, 0.05) is 8.07 Å². The summed E-state index contributed by atoms with van der Waals surface area (Å²) in [6, 6.07) is 1.53. The molecule has 0 rings (SSSR count). The Morgan fingerprint density at radius 1 is 0.346 bits per heavy atom. The van der Waals surface area contributed by atoms with E-state index in [0.29, 0.717) is 0 Å². The zero-order chi connectivity index (χ0) is 19.3. The fourth-order valence-electron chi connectivity index (χ4n) is 3.91. The van der Waals surface area contributed by atoms with Crippen LogP contribution in [0.25, 0.3) is 0 Å². The minimum Gasteiger partial charge on any atom is -0.0695 e. The van der Waals surface area contributed by atoms with Gasteiger partial charge in [0.05, 0.1) is 0 Å². The van der Waals surface area contributed by atoms with Crippen molar-refractivity contribution in [3.8, 4) is 0 Å². The second-order valence-electron chi connectivity index (χ2n) is 10.0. The van der Waals surface area contributed by atoms with Crippen LogP contribution in [0.5, 0.6) is 0 Å². The molecule has 0 saturated carbocycles. The lowest BCUT2D eigenvalue weighted by atomic mass is 10.0. The fourth-order valence-corrected chi connectivity index (χ4v) is 5.22. The molecule has 0 radical (unpaired) electrons. The molecular weight excluding hydrogens is 328 g/mol. The number of rotatable bonds is 21. The third-order valence-electron chi connectivity index (χ3n) is 5.78. The Bertz CT molecular complexity index is 253. The monoisotopic (exact) mass is 382 g/mol. The van der Waals surface area contributed by atoms with Crippen LogP contribution in [0.1, 0.15) is 135 Å². The van der Waals surface area contributed by atoms with Gasteiger partial charge in [-0.1, -0.05) is 161 Å². The van der Waals surface area contributed by atoms with E-state index in [2.05, 4.69) is 26.6 Å². The maximum Gasteiger partial charge on any atom is 0.0442 e. The smallest absolute Gasteiger partial charge is 0.0442 e. The molecule has 26 heavy (non-hydrogen) atoms. The number of hydrogen-bond donors (Lipinski definition) is 0. The molecule has 0 aliphatic carbocycles. The first kappa shape index (κ1) is 26.2. The van der Waals surface area contributed by atoms with E-state index < -0.39 is 8.07 Å². The fraction of sp³-hybridized carbons (Fsp3) is 1.00. The van der Waals surface area contributed by atoms with Crippen LogP contribution in [-0.4, -0.2) is 8.07 Å². The van der Waals surface area contributed by atoms with Crippen LogP contribution >= 0.6 is 0 Å². The highest BCUT2D eigenvalue weighted by Crippen LogP contribution is 2.17. The van der Waals surface area contributed by atoms with Crippen LogP contribution in [0.3, 0.4) is 0 Å². The second kappa shape index (κ2) is 20.0. The third-order valence-corrected chi connectivity index (χ3v) is 7.63. The molecule has 0 heterocycles. The molecule has 0 spiro atoms. The number of hydrogen-bond acceptors (Lipinski definition) is 0. The molecule has 0 N–H and O–H groups in total. The first-order valence-corrected chi connectivity index (χ1v) is 16.3. The summed E-state index contributed by atoms with van der Waals surface area (Å²) in [5.74, 6) is 0. The van der Waals surface area contributed by atoms with Crippen LogP contribution in [-0.2, 0) is 0 Å². The van der Waals surface area contributed by atoms with Gasteiger partial charge in [-0.25, -0.2) is 0 Å². The van der Waals surface area contributed by atoms with Crippen molar-refractivity contribution in [1.82, 2.24) is 0 Å². The summed E-state index contributed by atoms with van der Waals surface area (Å²) in [5.41, 5.74) is 0. The van der Waals surface area contributed by atoms with Crippen molar-refractivity contribution in [2.75, 3.05) is 0 Å². The topological polar surface area (TPSA) is 0 Å². The predicted molar refractivity (Wildman–Crippen MR) is 126 cm³/mol. The Labute approximate surface area is 169 Å². The molecule has 0 saturated heterocycles. The van der Waals surface area contributed by atoms with Crippen LogP contribution < -0.4 is 0 Å². The second-order valence-corrected chi connectivity index (χ2v) is 15.6. The molecule has 0 aliphatic rings. The normalized spacial score (nSPS) is 12.0. The largest absolute Gasteiger partial charge is 0.0695 e. The van der Waals surface area contributed by atoms with E-state index in [1.165, 1.54) is 134 Å². The highest BCUT2D eigenvalue weighted by Gasteiger charge is 2.11. The van der Waals surface area contributed by atoms with E-state index in [4.69, 9.17) is 0 Å². The van der Waals surface area contributed by atoms with Gasteiger partial charge in [-0.05, 0) is 0 Å². The summed E-state index contributed by atoms with van der Waals surface area (Å²) in [6.07, 6.45) is 29.6. The number of unbranched alkanes of at least 4 members (excludes halogenated alkanes) is 19. The van der Waals surface area contributed by atoms with E-state index in [9.17, 15) is 0 Å². The van der Waals surface area contributed by atoms with Crippen LogP contribution in [0.15, 0.2) is 0 Å². The van der Waals surface area contributed by atoms with Gasteiger partial charge < -0.3 is 0 Å². The Morgan fingerprint density at radius 2 is 0.577 bits per heavy atom. The summed E-state index contributed by atoms with van der Waals surface area (Å²) >= 11 is 0. The SMILES string of the molecule is CCCCCCCCCCCCCCCCCCCCCC[Si](C)(C)C. The average molecular weight is 383 g/mol. The minimum absolute atomic E-state index is 0.771. The van der Waals surface area contributed by atoms with Gasteiger partial charge in [0.25, 0.3) is 0 Å². The molecule has 0 bridgehead atoms. The van der Waals surface area contributed by atoms with Gasteiger partial charge in [-0.15, -0.1) is 0 Å². The Morgan fingerprint density at radius 3 is 0.808 bits per heavy atom. The lowest BCUT2D eigenvalue weighted by Gasteiger charge is -2.14. The summed E-state index contributed by atoms with van der Waals surface area (Å²) < 4.78 is 0. The third kappa shape index (κ3) is 24.2. The van der Waals surface area contributed by atoms with Crippen LogP contribution in [0.4, 0.5) is 0 Å². The zero-order valence-corrected chi connectivity index (χ0v) is 20.3. The molecule has 0 aromatic heterocycles. The van der Waals surface area contributed by atoms with Crippen molar-refractivity contribution >= 4 is 8.07 Å². The summed E-state index contributed by atoms with van der Waals surface area (Å²) in [7, 11) is -0.771. The quantitative estimate of drug-likeness (QED) is 0.137. The first-order valence-electron chi connectivity index (χ1n) is 12.6. The molecule has 0 amide bonds. The van der Waals surface area contributed by atoms with E-state index in [0.717, 1.165) is 0 Å². The molecule has 0 atom stereocenters. The lowest BCUT2D eigenvalue weighted by molar-refractivity contribution is 0.522. The van der Waals surface area contributed by atoms with Gasteiger partial charge in [0.1, 0.15) is 0 Å². The van der Waals surface area contributed by atoms with Crippen molar-refractivity contribution in [2.45, 2.75) is 161 Å². The van der Waals surface area contributed by atoms with E-state index in [1.807, 2.05) is 0 Å². The first-order chi connectivity index (χ1) is 12.6. The van der Waals surface area contributed by atoms with Crippen molar-refractivity contribution in [1.29, 1.82) is 0 Å². The molecule has 0 unspecified atom stereocenters. The van der Waals surface area contributed by atoms with E-state index in [1.54, 1.807) is 0 Å². The molecule has 0 fully saturated rings. The van der Waals surface area contributed by atoms with E-state index >= 15 is 0 Å². The maximum absolute atomic E-state index is 2.50. The molecular formula is C25H54Si. The van der Waals surface area contributed by atoms with Crippen molar-refractivity contribution in [2.24, 2.45) is 0 Å². The molecule has 158 valence electrons. The van der Waals surface area contributed by atoms with Gasteiger partial charge in [0.2, 0.25) is 0 Å². The Hall–Kier alpha value is 0.217. The van der Waals surface area contributed by atoms with Gasteiger partial charge in [-0.3, -0.25) is 0 Å². The van der Waals surface area contributed by atoms with Crippen LogP contribution in [0, 0.1) is 0 Å². The summed E-state index contributed by atoms with van der Waals surface area (Å²) in [6.45, 7) is 9.81. The van der Waals surface area contributed by atoms with Gasteiger partial charge in [-0.2, -0.15) is 0 Å². The molecule has 0 aromatic carbocycles. The van der Waals surface area contributed by atoms with E-state index in [-0.39, 0.29) is 0 Å². The average Bonchev–Trinajstić information content (AvgIpc) is 2.59. The summed E-state index contributed by atoms with van der Waals surface area (Å²) in [4.78, 5) is 0. The highest BCUT2D eigenvalue weighted by atomic mass is 28.3. The lowest BCUT2D eigenvalue weighted by Crippen LogP contribution is -2.18. The molecule has 0 aliphatic heterocycles. The standard InChI is InChI=1S/C25H54Si/c1-5-6-7-8-9-10-11-12-13-14-15-16-17-18-19-20-21-22-23-24-25-26(2,3)4/h5-25H2,1-4H3. The minimum atomic E-state index is -0.771.